The van der Waals surface area contributed by atoms with Crippen LogP contribution in [-0.4, -0.2) is 6.61 Å². The molecule has 1 aromatic carbocycles. The van der Waals surface area contributed by atoms with Crippen LogP contribution >= 0.6 is 15.9 Å². The van der Waals surface area contributed by atoms with Crippen molar-refractivity contribution in [3.63, 3.8) is 0 Å². The smallest absolute Gasteiger partial charge is 0.138 e. The molecule has 0 saturated heterocycles. The number of nitriles is 1. The number of hydrogen-bond acceptors (Lipinski definition) is 2. The quantitative estimate of drug-likeness (QED) is 0.729. The highest BCUT2D eigenvalue weighted by Gasteiger charge is 2.06. The van der Waals surface area contributed by atoms with Crippen molar-refractivity contribution in [2.24, 2.45) is 0 Å². The van der Waals surface area contributed by atoms with Gasteiger partial charge in [0.1, 0.15) is 17.4 Å². The van der Waals surface area contributed by atoms with Gasteiger partial charge in [0.25, 0.3) is 0 Å². The first-order valence-electron chi connectivity index (χ1n) is 5.61. The van der Waals surface area contributed by atoms with Gasteiger partial charge in [-0.3, -0.25) is 0 Å². The number of hydrogen-bond donors (Lipinski definition) is 0. The van der Waals surface area contributed by atoms with Crippen molar-refractivity contribution >= 4 is 15.9 Å². The van der Waals surface area contributed by atoms with Crippen LogP contribution in [-0.2, 0) is 0 Å². The molecule has 0 heterocycles. The van der Waals surface area contributed by atoms with Gasteiger partial charge in [0.05, 0.1) is 6.61 Å². The van der Waals surface area contributed by atoms with Crippen LogP contribution in [0.4, 0.5) is 0 Å². The molecule has 0 amide bonds. The Labute approximate surface area is 105 Å². The van der Waals surface area contributed by atoms with Crippen molar-refractivity contribution < 1.29 is 4.74 Å². The van der Waals surface area contributed by atoms with Crippen molar-refractivity contribution in [3.05, 3.63) is 28.2 Å². The molecule has 0 bridgehead atoms. The lowest BCUT2D eigenvalue weighted by molar-refractivity contribution is 0.304. The number of nitrogens with zero attached hydrogens (tertiary/aromatic N) is 1. The van der Waals surface area contributed by atoms with Crippen LogP contribution in [0.2, 0.25) is 0 Å². The minimum atomic E-state index is 0.581. The number of halogens is 1. The summed E-state index contributed by atoms with van der Waals surface area (Å²) in [6.07, 6.45) is 4.70. The topological polar surface area (TPSA) is 33.0 Å². The molecule has 0 aliphatic heterocycles. The zero-order chi connectivity index (χ0) is 11.8. The van der Waals surface area contributed by atoms with Gasteiger partial charge in [-0.25, -0.2) is 0 Å². The number of rotatable bonds is 6. The predicted molar refractivity (Wildman–Crippen MR) is 68.5 cm³/mol. The van der Waals surface area contributed by atoms with Gasteiger partial charge < -0.3 is 4.74 Å². The Kier molecular flexibility index (Phi) is 5.95. The van der Waals surface area contributed by atoms with Gasteiger partial charge in [0.2, 0.25) is 0 Å². The zero-order valence-electron chi connectivity index (χ0n) is 9.50. The summed E-state index contributed by atoms with van der Waals surface area (Å²) < 4.78 is 6.40. The van der Waals surface area contributed by atoms with E-state index in [1.54, 1.807) is 0 Å². The Morgan fingerprint density at radius 3 is 2.81 bits per heavy atom. The molecule has 16 heavy (non-hydrogen) atoms. The van der Waals surface area contributed by atoms with Crippen molar-refractivity contribution in [2.75, 3.05) is 6.61 Å². The van der Waals surface area contributed by atoms with Crippen molar-refractivity contribution in [1.82, 2.24) is 0 Å². The Morgan fingerprint density at radius 1 is 1.31 bits per heavy atom. The predicted octanol–water partition coefficient (Wildman–Crippen LogP) is 4.28. The van der Waals surface area contributed by atoms with Crippen molar-refractivity contribution in [1.29, 1.82) is 5.26 Å². The maximum Gasteiger partial charge on any atom is 0.138 e. The SMILES string of the molecule is CCCCCCOc1cccc(Br)c1C#N. The van der Waals surface area contributed by atoms with E-state index in [0.29, 0.717) is 17.9 Å². The van der Waals surface area contributed by atoms with Crippen LogP contribution < -0.4 is 4.74 Å². The highest BCUT2D eigenvalue weighted by atomic mass is 79.9. The molecular formula is C13H16BrNO. The largest absolute Gasteiger partial charge is 0.492 e. The average molecular weight is 282 g/mol. The second kappa shape index (κ2) is 7.29. The lowest BCUT2D eigenvalue weighted by Crippen LogP contribution is -1.99. The van der Waals surface area contributed by atoms with Crippen LogP contribution in [0.3, 0.4) is 0 Å². The van der Waals surface area contributed by atoms with E-state index in [4.69, 9.17) is 10.00 Å². The summed E-state index contributed by atoms with van der Waals surface area (Å²) in [7, 11) is 0. The maximum atomic E-state index is 8.98. The summed E-state index contributed by atoms with van der Waals surface area (Å²) in [5.74, 6) is 0.674. The second-order valence-corrected chi connectivity index (χ2v) is 4.49. The monoisotopic (exact) mass is 281 g/mol. The van der Waals surface area contributed by atoms with E-state index in [2.05, 4.69) is 28.9 Å². The maximum absolute atomic E-state index is 8.98. The third kappa shape index (κ3) is 3.86. The van der Waals surface area contributed by atoms with Crippen LogP contribution in [0.1, 0.15) is 38.2 Å². The first kappa shape index (κ1) is 13.1. The molecule has 0 spiro atoms. The van der Waals surface area contributed by atoms with Gasteiger partial charge in [-0.15, -0.1) is 0 Å². The molecule has 1 aromatic rings. The number of ether oxygens (including phenoxy) is 1. The fourth-order valence-corrected chi connectivity index (χ4v) is 1.88. The van der Waals surface area contributed by atoms with Crippen molar-refractivity contribution in [2.45, 2.75) is 32.6 Å². The summed E-state index contributed by atoms with van der Waals surface area (Å²) in [4.78, 5) is 0. The lowest BCUT2D eigenvalue weighted by atomic mass is 10.2. The molecule has 86 valence electrons. The standard InChI is InChI=1S/C13H16BrNO/c1-2-3-4-5-9-16-13-8-6-7-12(14)11(13)10-15/h6-8H,2-5,9H2,1H3. The molecule has 3 heteroatoms. The van der Waals surface area contributed by atoms with Crippen LogP contribution in [0.5, 0.6) is 5.75 Å². The number of unbranched alkanes of at least 4 members (excludes halogenated alkanes) is 3. The van der Waals surface area contributed by atoms with E-state index >= 15 is 0 Å². The summed E-state index contributed by atoms with van der Waals surface area (Å²) in [5, 5.41) is 8.98. The molecule has 0 atom stereocenters. The molecular weight excluding hydrogens is 266 g/mol. The first-order valence-corrected chi connectivity index (χ1v) is 6.40. The Hall–Kier alpha value is -1.01. The van der Waals surface area contributed by atoms with Crippen LogP contribution in [0, 0.1) is 11.3 Å². The summed E-state index contributed by atoms with van der Waals surface area (Å²) >= 11 is 3.34. The second-order valence-electron chi connectivity index (χ2n) is 3.63. The molecule has 0 saturated carbocycles. The Balaban J connectivity index is 2.48. The molecule has 0 aliphatic carbocycles. The molecule has 0 aliphatic rings. The fraction of sp³-hybridized carbons (Fsp3) is 0.462. The summed E-state index contributed by atoms with van der Waals surface area (Å²) in [6.45, 7) is 2.87. The Morgan fingerprint density at radius 2 is 2.12 bits per heavy atom. The van der Waals surface area contributed by atoms with Crippen molar-refractivity contribution in [3.8, 4) is 11.8 Å². The minimum Gasteiger partial charge on any atom is -0.492 e. The number of benzene rings is 1. The molecule has 0 fully saturated rings. The summed E-state index contributed by atoms with van der Waals surface area (Å²) in [6, 6.07) is 7.71. The van der Waals surface area contributed by atoms with E-state index in [1.165, 1.54) is 19.3 Å². The Bertz CT molecular complexity index is 371. The highest BCUT2D eigenvalue weighted by Crippen LogP contribution is 2.25. The third-order valence-electron chi connectivity index (χ3n) is 2.34. The van der Waals surface area contributed by atoms with Gasteiger partial charge in [0.15, 0.2) is 0 Å². The normalized spacial score (nSPS) is 9.81. The highest BCUT2D eigenvalue weighted by molar-refractivity contribution is 9.10. The van der Waals surface area contributed by atoms with Gasteiger partial charge >= 0.3 is 0 Å². The molecule has 2 nitrogen and oxygen atoms in total. The lowest BCUT2D eigenvalue weighted by Gasteiger charge is -2.08. The van der Waals surface area contributed by atoms with Gasteiger partial charge in [-0.1, -0.05) is 32.3 Å². The summed E-state index contributed by atoms with van der Waals surface area (Å²) in [5.41, 5.74) is 0.581. The molecule has 0 aromatic heterocycles. The van der Waals surface area contributed by atoms with Gasteiger partial charge in [-0.2, -0.15) is 5.26 Å². The van der Waals surface area contributed by atoms with E-state index in [0.717, 1.165) is 10.9 Å². The zero-order valence-corrected chi connectivity index (χ0v) is 11.1. The first-order chi connectivity index (χ1) is 7.79. The third-order valence-corrected chi connectivity index (χ3v) is 3.00. The fourth-order valence-electron chi connectivity index (χ4n) is 1.44. The van der Waals surface area contributed by atoms with E-state index < -0.39 is 0 Å². The van der Waals surface area contributed by atoms with Crippen LogP contribution in [0.15, 0.2) is 22.7 Å². The minimum absolute atomic E-state index is 0.581. The van der Waals surface area contributed by atoms with E-state index in [9.17, 15) is 0 Å². The molecule has 1 rings (SSSR count). The van der Waals surface area contributed by atoms with Gasteiger partial charge in [-0.05, 0) is 34.5 Å². The van der Waals surface area contributed by atoms with E-state index in [1.807, 2.05) is 18.2 Å². The molecule has 0 radical (unpaired) electrons. The average Bonchev–Trinajstić information content (AvgIpc) is 2.29. The molecule has 0 N–H and O–H groups in total. The van der Waals surface area contributed by atoms with E-state index in [-0.39, 0.29) is 0 Å². The van der Waals surface area contributed by atoms with Crippen LogP contribution in [0.25, 0.3) is 0 Å². The molecule has 0 unspecified atom stereocenters. The van der Waals surface area contributed by atoms with Gasteiger partial charge in [0, 0.05) is 4.47 Å².